The van der Waals surface area contributed by atoms with Crippen LogP contribution in [0.2, 0.25) is 5.02 Å². The van der Waals surface area contributed by atoms with Gasteiger partial charge in [0.1, 0.15) is 0 Å². The van der Waals surface area contributed by atoms with Gasteiger partial charge in [-0.1, -0.05) is 25.4 Å². The van der Waals surface area contributed by atoms with Gasteiger partial charge < -0.3 is 10.6 Å². The Balaban J connectivity index is 2.71. The lowest BCUT2D eigenvalue weighted by Crippen LogP contribution is -2.19. The molecule has 3 nitrogen and oxygen atoms in total. The number of hydrogen-bond donors (Lipinski definition) is 2. The number of carbonyl (C=O) groups is 1. The third-order valence-electron chi connectivity index (χ3n) is 3.03. The van der Waals surface area contributed by atoms with Crippen molar-refractivity contribution in [1.82, 2.24) is 5.32 Å². The van der Waals surface area contributed by atoms with Crippen LogP contribution in [0.15, 0.2) is 18.2 Å². The lowest BCUT2D eigenvalue weighted by atomic mass is 10.0. The molecule has 1 rings (SSSR count). The number of benzene rings is 1. The molecule has 0 heterocycles. The Bertz CT molecular complexity index is 432. The smallest absolute Gasteiger partial charge is 0.252 e. The van der Waals surface area contributed by atoms with Gasteiger partial charge >= 0.3 is 0 Å². The first kappa shape index (κ1) is 15.8. The zero-order valence-corrected chi connectivity index (χ0v) is 12.8. The van der Waals surface area contributed by atoms with E-state index in [0.29, 0.717) is 22.5 Å². The van der Waals surface area contributed by atoms with Crippen molar-refractivity contribution in [2.45, 2.75) is 39.7 Å². The molecular weight excluding hydrogens is 260 g/mol. The quantitative estimate of drug-likeness (QED) is 0.830. The van der Waals surface area contributed by atoms with Gasteiger partial charge in [0, 0.05) is 18.8 Å². The largest absolute Gasteiger partial charge is 0.383 e. The van der Waals surface area contributed by atoms with Crippen LogP contribution in [0.1, 0.15) is 44.0 Å². The normalized spacial score (nSPS) is 12.3. The predicted octanol–water partition coefficient (Wildman–Crippen LogP) is 3.94. The van der Waals surface area contributed by atoms with Crippen LogP contribution >= 0.6 is 11.6 Å². The summed E-state index contributed by atoms with van der Waals surface area (Å²) in [6.45, 7) is 6.59. The molecule has 0 fully saturated rings. The van der Waals surface area contributed by atoms with Crippen molar-refractivity contribution in [2.24, 2.45) is 5.92 Å². The summed E-state index contributed by atoms with van der Waals surface area (Å²) >= 11 is 6.02. The summed E-state index contributed by atoms with van der Waals surface area (Å²) in [5, 5.41) is 6.47. The van der Waals surface area contributed by atoms with E-state index in [-0.39, 0.29) is 5.91 Å². The van der Waals surface area contributed by atoms with Gasteiger partial charge in [-0.3, -0.25) is 4.79 Å². The third-order valence-corrected chi connectivity index (χ3v) is 3.36. The summed E-state index contributed by atoms with van der Waals surface area (Å²) in [6, 6.07) is 5.83. The Kier molecular flexibility index (Phi) is 6.16. The molecule has 0 saturated heterocycles. The van der Waals surface area contributed by atoms with Crippen LogP contribution in [0.3, 0.4) is 0 Å². The Morgan fingerprint density at radius 3 is 2.53 bits per heavy atom. The maximum atomic E-state index is 11.7. The summed E-state index contributed by atoms with van der Waals surface area (Å²) in [5.41, 5.74) is 1.43. The van der Waals surface area contributed by atoms with Crippen LogP contribution in [0.25, 0.3) is 0 Å². The summed E-state index contributed by atoms with van der Waals surface area (Å²) in [5.74, 6) is 0.541. The second-order valence-electron chi connectivity index (χ2n) is 5.29. The van der Waals surface area contributed by atoms with E-state index < -0.39 is 0 Å². The predicted molar refractivity (Wildman–Crippen MR) is 82.0 cm³/mol. The van der Waals surface area contributed by atoms with E-state index in [4.69, 9.17) is 11.6 Å². The Labute approximate surface area is 120 Å². The van der Waals surface area contributed by atoms with Crippen molar-refractivity contribution in [3.05, 3.63) is 28.8 Å². The minimum Gasteiger partial charge on any atom is -0.383 e. The molecular formula is C15H23ClN2O. The van der Waals surface area contributed by atoms with Gasteiger partial charge in [0.2, 0.25) is 0 Å². The summed E-state index contributed by atoms with van der Waals surface area (Å²) < 4.78 is 0. The molecule has 19 heavy (non-hydrogen) atoms. The molecule has 1 aromatic rings. The Morgan fingerprint density at radius 2 is 1.95 bits per heavy atom. The van der Waals surface area contributed by atoms with Crippen molar-refractivity contribution in [3.63, 3.8) is 0 Å². The first-order chi connectivity index (χ1) is 8.93. The van der Waals surface area contributed by atoms with Crippen molar-refractivity contribution in [2.75, 3.05) is 12.4 Å². The van der Waals surface area contributed by atoms with Gasteiger partial charge in [-0.15, -0.1) is 0 Å². The molecule has 0 bridgehead atoms. The second kappa shape index (κ2) is 7.39. The molecule has 1 unspecified atom stereocenters. The monoisotopic (exact) mass is 282 g/mol. The summed E-state index contributed by atoms with van der Waals surface area (Å²) in [6.07, 6.45) is 2.29. The highest BCUT2D eigenvalue weighted by atomic mass is 35.5. The van der Waals surface area contributed by atoms with Gasteiger partial charge in [0.15, 0.2) is 0 Å². The van der Waals surface area contributed by atoms with Gasteiger partial charge in [0.25, 0.3) is 5.91 Å². The zero-order valence-electron chi connectivity index (χ0n) is 12.1. The van der Waals surface area contributed by atoms with Crippen LogP contribution in [-0.4, -0.2) is 19.0 Å². The zero-order chi connectivity index (χ0) is 14.4. The van der Waals surface area contributed by atoms with E-state index in [1.165, 1.54) is 6.42 Å². The molecule has 0 aliphatic carbocycles. The number of carbonyl (C=O) groups excluding carboxylic acids is 1. The molecule has 0 radical (unpaired) electrons. The van der Waals surface area contributed by atoms with Gasteiger partial charge in [0.05, 0.1) is 10.6 Å². The number of rotatable bonds is 6. The highest BCUT2D eigenvalue weighted by Crippen LogP contribution is 2.22. The number of anilines is 1. The number of halogens is 1. The van der Waals surface area contributed by atoms with E-state index in [1.54, 1.807) is 19.2 Å². The van der Waals surface area contributed by atoms with Crippen LogP contribution in [0.4, 0.5) is 5.69 Å². The number of hydrogen-bond acceptors (Lipinski definition) is 2. The second-order valence-corrected chi connectivity index (χ2v) is 5.70. The first-order valence-electron chi connectivity index (χ1n) is 6.72. The van der Waals surface area contributed by atoms with Crippen LogP contribution < -0.4 is 10.6 Å². The average Bonchev–Trinajstić information content (AvgIpc) is 2.37. The molecule has 1 atom stereocenters. The van der Waals surface area contributed by atoms with Gasteiger partial charge in [-0.25, -0.2) is 0 Å². The first-order valence-corrected chi connectivity index (χ1v) is 7.10. The number of nitrogens with one attached hydrogen (secondary N) is 2. The van der Waals surface area contributed by atoms with E-state index in [1.807, 2.05) is 6.07 Å². The van der Waals surface area contributed by atoms with E-state index >= 15 is 0 Å². The van der Waals surface area contributed by atoms with E-state index in [9.17, 15) is 4.79 Å². The fourth-order valence-electron chi connectivity index (χ4n) is 1.86. The lowest BCUT2D eigenvalue weighted by molar-refractivity contribution is 0.0963. The topological polar surface area (TPSA) is 41.1 Å². The Hall–Kier alpha value is -1.22. The standard InChI is InChI=1S/C15H23ClN2O/c1-10(2)5-6-11(3)18-12-7-8-14(16)13(9-12)15(19)17-4/h7-11,18H,5-6H2,1-4H3,(H,17,19). The van der Waals surface area contributed by atoms with Gasteiger partial charge in [-0.05, 0) is 43.9 Å². The molecule has 1 aromatic carbocycles. The van der Waals surface area contributed by atoms with Crippen molar-refractivity contribution in [3.8, 4) is 0 Å². The SMILES string of the molecule is CNC(=O)c1cc(NC(C)CCC(C)C)ccc1Cl. The lowest BCUT2D eigenvalue weighted by Gasteiger charge is -2.17. The molecule has 0 spiro atoms. The Morgan fingerprint density at radius 1 is 1.26 bits per heavy atom. The summed E-state index contributed by atoms with van der Waals surface area (Å²) in [4.78, 5) is 11.7. The van der Waals surface area contributed by atoms with Gasteiger partial charge in [-0.2, -0.15) is 0 Å². The maximum absolute atomic E-state index is 11.7. The van der Waals surface area contributed by atoms with Crippen LogP contribution in [0, 0.1) is 5.92 Å². The average molecular weight is 283 g/mol. The minimum atomic E-state index is -0.163. The van der Waals surface area contributed by atoms with Crippen LogP contribution in [0.5, 0.6) is 0 Å². The molecule has 0 saturated carbocycles. The molecule has 0 aliphatic heterocycles. The fourth-order valence-corrected chi connectivity index (χ4v) is 2.07. The number of amides is 1. The molecule has 0 aliphatic rings. The van der Waals surface area contributed by atoms with Crippen molar-refractivity contribution in [1.29, 1.82) is 0 Å². The molecule has 2 N–H and O–H groups in total. The van der Waals surface area contributed by atoms with Crippen molar-refractivity contribution < 1.29 is 4.79 Å². The molecule has 0 aromatic heterocycles. The van der Waals surface area contributed by atoms with E-state index in [0.717, 1.165) is 12.1 Å². The van der Waals surface area contributed by atoms with Crippen LogP contribution in [-0.2, 0) is 0 Å². The minimum absolute atomic E-state index is 0.163. The molecule has 106 valence electrons. The van der Waals surface area contributed by atoms with Crippen molar-refractivity contribution >= 4 is 23.2 Å². The highest BCUT2D eigenvalue weighted by molar-refractivity contribution is 6.34. The summed E-state index contributed by atoms with van der Waals surface area (Å²) in [7, 11) is 1.60. The molecule has 4 heteroatoms. The third kappa shape index (κ3) is 5.11. The van der Waals surface area contributed by atoms with E-state index in [2.05, 4.69) is 31.4 Å². The fraction of sp³-hybridized carbons (Fsp3) is 0.533. The maximum Gasteiger partial charge on any atom is 0.252 e. The highest BCUT2D eigenvalue weighted by Gasteiger charge is 2.10. The molecule has 1 amide bonds.